The smallest absolute Gasteiger partial charge is 0.210 e. The zero-order valence-electron chi connectivity index (χ0n) is 28.9. The van der Waals surface area contributed by atoms with E-state index in [0.717, 1.165) is 0 Å². The van der Waals surface area contributed by atoms with Gasteiger partial charge in [0.15, 0.2) is 6.29 Å². The maximum Gasteiger partial charge on any atom is 0.210 e. The van der Waals surface area contributed by atoms with Crippen molar-refractivity contribution in [1.29, 1.82) is 0 Å². The molecule has 5 aliphatic rings. The van der Waals surface area contributed by atoms with E-state index in [0.29, 0.717) is 0 Å². The molecule has 3 saturated heterocycles. The molecule has 0 aromatic heterocycles. The van der Waals surface area contributed by atoms with Crippen molar-refractivity contribution in [3.8, 4) is 0 Å². The summed E-state index contributed by atoms with van der Waals surface area (Å²) >= 11 is 0. The molecule has 16 nitrogen and oxygen atoms in total. The Hall–Kier alpha value is 13.4. The average Bonchev–Trinajstić information content (AvgIpc) is 2.97. The largest absolute Gasteiger partial charge is 0.495 e. The van der Waals surface area contributed by atoms with Crippen LogP contribution in [0.3, 0.4) is 0 Å². The maximum atomic E-state index is 11.1. The van der Waals surface area contributed by atoms with E-state index in [4.69, 9.17) is 28.4 Å². The third kappa shape index (κ3) is 17.9. The number of aliphatic hydroxyl groups is 10. The topological polar surface area (TPSA) is 258 Å². The van der Waals surface area contributed by atoms with Gasteiger partial charge in [-0.25, -0.2) is 0 Å². The molecule has 0 aromatic rings. The number of ether oxygens (including phenoxy) is 6. The van der Waals surface area contributed by atoms with Gasteiger partial charge in [0.1, 0.15) is 61.0 Å². The molecule has 4 heterocycles. The Balaban J connectivity index is -0.000000529. The molecule has 7 unspecified atom stereocenters. The van der Waals surface area contributed by atoms with Crippen LogP contribution < -0.4 is 0 Å². The van der Waals surface area contributed by atoms with E-state index in [2.05, 4.69) is 0 Å². The van der Waals surface area contributed by atoms with Gasteiger partial charge in [0.2, 0.25) is 5.79 Å². The second kappa shape index (κ2) is 36.3. The van der Waals surface area contributed by atoms with Gasteiger partial charge in [0, 0.05) is 453 Å². The standard InChI is InChI=1S/C26H42O16.10Ac/c1-8-12(5-10(29)18(32)16(8)30)39-23-21(35)19(33)14(7-28)40-25(23)42-26(15-11(41-26)3-4-37-13(15)6-27)24-22(36)20(34)17(31)9(2)38-24;;;;;;;;;;/h3-4,8-25,27-36H,5-7H2,1-2H3;;;;;;;;;;/t8?,9?,10?,11-,12-,13?,14?,15+,16-,17-,18+,19+,20?,21+,22-,23-,24-,25+,26?;;;;;;;;;;/m1........../s1. The van der Waals surface area contributed by atoms with Gasteiger partial charge in [-0.05, 0) is 13.0 Å². The van der Waals surface area contributed by atoms with Gasteiger partial charge in [-0.1, -0.05) is 6.92 Å². The second-order valence-electron chi connectivity index (χ2n) is 11.9. The van der Waals surface area contributed by atoms with Crippen LogP contribution >= 0.6 is 0 Å². The van der Waals surface area contributed by atoms with Crippen molar-refractivity contribution in [3.05, 3.63) is 12.3 Å². The minimum absolute atomic E-state index is 0. The molecule has 10 radical (unpaired) electrons. The fraction of sp³-hybridized carbons (Fsp3) is 0.923. The minimum Gasteiger partial charge on any atom is -0.495 e. The molecule has 4 fully saturated rings. The van der Waals surface area contributed by atoms with Gasteiger partial charge in [-0.3, -0.25) is 0 Å². The molecular weight excluding hydrogens is 2840 g/mol. The molecule has 0 amide bonds. The normalized spacial score (nSPS) is 45.5. The van der Waals surface area contributed by atoms with Crippen LogP contribution in [0, 0.1) is 452 Å². The Bertz CT molecular complexity index is 992. The Labute approximate surface area is 661 Å². The molecule has 272 valence electrons. The molecule has 10 N–H and O–H groups in total. The van der Waals surface area contributed by atoms with E-state index in [9.17, 15) is 51.1 Å². The summed E-state index contributed by atoms with van der Waals surface area (Å²) < 4.78 is 35.8. The summed E-state index contributed by atoms with van der Waals surface area (Å²) in [7, 11) is 0. The first-order valence-corrected chi connectivity index (χ1v) is 14.2. The van der Waals surface area contributed by atoms with Crippen LogP contribution in [0.5, 0.6) is 0 Å². The first-order valence-electron chi connectivity index (χ1n) is 14.2. The summed E-state index contributed by atoms with van der Waals surface area (Å²) in [5, 5.41) is 104. The number of hydrogen-bond donors (Lipinski definition) is 10. The van der Waals surface area contributed by atoms with Crippen molar-refractivity contribution in [2.45, 2.75) is 124 Å². The SMILES string of the molecule is CC1O[C@@H](C2(O[C@@H]3OC(CO)[C@H](O)[C@H](O)[C@H]3O[C@@H]3CC(O)[C@H](O)[C@H](O)C3C)O[C@@H]3C=COC(CO)[C@H]32)[C@H](O)C(O)[C@@H]1O.[Ac].[Ac].[Ac].[Ac].[Ac].[Ac].[Ac].[Ac].[Ac].[Ac]. The monoisotopic (exact) mass is 2880 g/mol. The van der Waals surface area contributed by atoms with Crippen LogP contribution in [0.25, 0.3) is 0 Å². The molecule has 5 rings (SSSR count). The van der Waals surface area contributed by atoms with Crippen molar-refractivity contribution < 1.29 is 520 Å². The maximum absolute atomic E-state index is 11.1. The van der Waals surface area contributed by atoms with Gasteiger partial charge in [0.25, 0.3) is 0 Å². The molecule has 0 spiro atoms. The van der Waals surface area contributed by atoms with E-state index in [-0.39, 0.29) is 447 Å². The summed E-state index contributed by atoms with van der Waals surface area (Å²) in [5.74, 6) is -3.70. The Morgan fingerprint density at radius 2 is 1.21 bits per heavy atom. The van der Waals surface area contributed by atoms with E-state index >= 15 is 0 Å². The summed E-state index contributed by atoms with van der Waals surface area (Å²) in [5.41, 5.74) is 0. The van der Waals surface area contributed by atoms with Crippen LogP contribution in [-0.2, 0) is 28.4 Å². The van der Waals surface area contributed by atoms with Crippen molar-refractivity contribution in [2.24, 2.45) is 11.8 Å². The Morgan fingerprint density at radius 3 is 1.75 bits per heavy atom. The molecular formula is C26H42Ac10O16. The predicted molar refractivity (Wildman–Crippen MR) is 134 cm³/mol. The molecule has 0 aromatic carbocycles. The number of aliphatic hydroxyl groups excluding tert-OH is 10. The van der Waals surface area contributed by atoms with Gasteiger partial charge in [-0.2, -0.15) is 0 Å². The van der Waals surface area contributed by atoms with Crippen LogP contribution in [0.2, 0.25) is 0 Å². The Kier molecular flexibility index (Phi) is 53.6. The van der Waals surface area contributed by atoms with Crippen molar-refractivity contribution in [3.63, 3.8) is 0 Å². The van der Waals surface area contributed by atoms with E-state index < -0.39 is 129 Å². The molecule has 4 aliphatic heterocycles. The van der Waals surface area contributed by atoms with E-state index in [1.165, 1.54) is 19.3 Å². The van der Waals surface area contributed by atoms with Crippen molar-refractivity contribution in [2.75, 3.05) is 13.2 Å². The first-order chi connectivity index (χ1) is 19.9. The van der Waals surface area contributed by atoms with Gasteiger partial charge >= 0.3 is 0 Å². The summed E-state index contributed by atoms with van der Waals surface area (Å²) in [6.45, 7) is 1.75. The number of rotatable bonds is 7. The third-order valence-corrected chi connectivity index (χ3v) is 9.29. The van der Waals surface area contributed by atoms with Crippen molar-refractivity contribution >= 4 is 0 Å². The van der Waals surface area contributed by atoms with Crippen LogP contribution in [0.1, 0.15) is 20.3 Å². The number of fused-ring (bicyclic) bond motifs is 1. The molecule has 52 heavy (non-hydrogen) atoms. The fourth-order valence-corrected chi connectivity index (χ4v) is 6.64. The number of hydrogen-bond acceptors (Lipinski definition) is 16. The van der Waals surface area contributed by atoms with Crippen LogP contribution in [-0.4, -0.2) is 168 Å². The summed E-state index contributed by atoms with van der Waals surface area (Å²) in [4.78, 5) is 0. The zero-order chi connectivity index (χ0) is 30.7. The van der Waals surface area contributed by atoms with Gasteiger partial charge < -0.3 is 79.5 Å². The molecule has 1 saturated carbocycles. The Morgan fingerprint density at radius 1 is 0.654 bits per heavy atom. The average molecular weight is 2880 g/mol. The molecule has 0 bridgehead atoms. The van der Waals surface area contributed by atoms with Crippen LogP contribution in [0.4, 0.5) is 0 Å². The van der Waals surface area contributed by atoms with Crippen molar-refractivity contribution in [1.82, 2.24) is 0 Å². The first kappa shape index (κ1) is 76.8. The van der Waals surface area contributed by atoms with E-state index in [1.807, 2.05) is 0 Å². The van der Waals surface area contributed by atoms with Gasteiger partial charge in [-0.15, -0.1) is 0 Å². The zero-order valence-corrected chi connectivity index (χ0v) is 76.3. The molecule has 1 aliphatic carbocycles. The predicted octanol–water partition coefficient (Wildman–Crippen LogP) is -5.20. The molecule has 19 atom stereocenters. The fourth-order valence-electron chi connectivity index (χ4n) is 6.64. The van der Waals surface area contributed by atoms with E-state index in [1.54, 1.807) is 6.92 Å². The quantitative estimate of drug-likeness (QED) is 0.114. The van der Waals surface area contributed by atoms with Gasteiger partial charge in [0.05, 0.1) is 55.9 Å². The molecule has 26 heteroatoms. The minimum atomic E-state index is -2.06. The second-order valence-corrected chi connectivity index (χ2v) is 11.9. The third-order valence-electron chi connectivity index (χ3n) is 9.29. The summed E-state index contributed by atoms with van der Waals surface area (Å²) in [6, 6.07) is 0. The van der Waals surface area contributed by atoms with Crippen LogP contribution in [0.15, 0.2) is 12.3 Å². The summed E-state index contributed by atoms with van der Waals surface area (Å²) in [6.07, 6.45) is -19.6.